The minimum atomic E-state index is -0.949. The molecule has 0 fully saturated rings. The molecular formula is C24H27NO5. The molecular weight excluding hydrogens is 382 g/mol. The Balaban J connectivity index is 1.78. The average Bonchev–Trinajstić information content (AvgIpc) is 2.96. The number of benzene rings is 1. The number of allylic oxidation sites excluding steroid dienone is 1. The first-order valence-corrected chi connectivity index (χ1v) is 10.7. The number of aliphatic carboxylic acids is 1. The van der Waals surface area contributed by atoms with Crippen molar-refractivity contribution in [2.45, 2.75) is 63.9 Å². The van der Waals surface area contributed by atoms with Gasteiger partial charge in [-0.2, -0.15) is 0 Å². The standard InChI is InChI=1S/C24H27NO5/c1-3-12-24(2)17-7-4-5-8-18(17)25-13-11-20-16(22(24)25)14-15(23(29)30-20)19(26)9-6-10-21(27)28/h4-5,7-8,14,20H,3,6,9-13H2,1-2H3,(H,27,28). The van der Waals surface area contributed by atoms with Crippen molar-refractivity contribution in [3.05, 3.63) is 52.7 Å². The summed E-state index contributed by atoms with van der Waals surface area (Å²) in [4.78, 5) is 38.2. The average molecular weight is 409 g/mol. The second-order valence-corrected chi connectivity index (χ2v) is 8.47. The zero-order valence-corrected chi connectivity index (χ0v) is 17.4. The monoisotopic (exact) mass is 409 g/mol. The van der Waals surface area contributed by atoms with Crippen LogP contribution in [0.5, 0.6) is 0 Å². The lowest BCUT2D eigenvalue weighted by Gasteiger charge is -2.40. The number of carbonyl (C=O) groups excluding carboxylic acids is 2. The van der Waals surface area contributed by atoms with Crippen molar-refractivity contribution in [2.24, 2.45) is 0 Å². The second-order valence-electron chi connectivity index (χ2n) is 8.47. The van der Waals surface area contributed by atoms with Crippen LogP contribution in [0.4, 0.5) is 5.69 Å². The Hall–Kier alpha value is -2.89. The Bertz CT molecular complexity index is 976. The lowest BCUT2D eigenvalue weighted by atomic mass is 9.74. The van der Waals surface area contributed by atoms with Gasteiger partial charge < -0.3 is 14.7 Å². The fraction of sp³-hybridized carbons (Fsp3) is 0.458. The predicted molar refractivity (Wildman–Crippen MR) is 112 cm³/mol. The first-order valence-electron chi connectivity index (χ1n) is 10.7. The number of nitrogens with zero attached hydrogens (tertiary/aromatic N) is 1. The fourth-order valence-electron chi connectivity index (χ4n) is 5.16. The molecule has 1 N–H and O–H groups in total. The highest BCUT2D eigenvalue weighted by atomic mass is 16.5. The largest absolute Gasteiger partial charge is 0.481 e. The maximum atomic E-state index is 12.7. The molecule has 4 rings (SSSR count). The summed E-state index contributed by atoms with van der Waals surface area (Å²) in [6, 6.07) is 8.40. The van der Waals surface area contributed by atoms with Crippen LogP contribution in [0, 0.1) is 0 Å². The summed E-state index contributed by atoms with van der Waals surface area (Å²) in [5.74, 6) is -1.89. The minimum Gasteiger partial charge on any atom is -0.481 e. The number of carboxylic acids is 1. The lowest BCUT2D eigenvalue weighted by molar-refractivity contribution is -0.145. The number of para-hydroxylation sites is 1. The number of anilines is 1. The molecule has 2 unspecified atom stereocenters. The van der Waals surface area contributed by atoms with Crippen LogP contribution < -0.4 is 4.90 Å². The van der Waals surface area contributed by atoms with Crippen molar-refractivity contribution in [1.82, 2.24) is 0 Å². The van der Waals surface area contributed by atoms with Crippen molar-refractivity contribution in [3.8, 4) is 0 Å². The van der Waals surface area contributed by atoms with Gasteiger partial charge in [0.05, 0.1) is 0 Å². The molecule has 6 nitrogen and oxygen atoms in total. The summed E-state index contributed by atoms with van der Waals surface area (Å²) in [6.45, 7) is 5.16. The van der Waals surface area contributed by atoms with Gasteiger partial charge in [-0.15, -0.1) is 0 Å². The maximum absolute atomic E-state index is 12.7. The molecule has 3 aliphatic rings. The van der Waals surface area contributed by atoms with E-state index in [1.165, 1.54) is 11.3 Å². The number of rotatable bonds is 7. The van der Waals surface area contributed by atoms with E-state index in [9.17, 15) is 14.4 Å². The highest BCUT2D eigenvalue weighted by Crippen LogP contribution is 2.54. The Morgan fingerprint density at radius 2 is 2.03 bits per heavy atom. The molecule has 3 heterocycles. The van der Waals surface area contributed by atoms with Gasteiger partial charge in [-0.05, 0) is 37.5 Å². The van der Waals surface area contributed by atoms with Gasteiger partial charge in [0.25, 0.3) is 0 Å². The summed E-state index contributed by atoms with van der Waals surface area (Å²) >= 11 is 0. The molecule has 1 aromatic rings. The molecule has 0 radical (unpaired) electrons. The summed E-state index contributed by atoms with van der Waals surface area (Å²) in [7, 11) is 0. The molecule has 0 saturated heterocycles. The molecule has 158 valence electrons. The molecule has 0 aliphatic carbocycles. The second kappa shape index (κ2) is 7.74. The number of carboxylic acid groups (broad SMARTS) is 1. The van der Waals surface area contributed by atoms with E-state index in [2.05, 4.69) is 36.9 Å². The number of esters is 1. The molecule has 0 saturated carbocycles. The quantitative estimate of drug-likeness (QED) is 0.543. The van der Waals surface area contributed by atoms with Gasteiger partial charge in [-0.1, -0.05) is 31.5 Å². The lowest BCUT2D eigenvalue weighted by Crippen LogP contribution is -2.42. The van der Waals surface area contributed by atoms with E-state index in [0.717, 1.165) is 30.7 Å². The highest BCUT2D eigenvalue weighted by Gasteiger charge is 2.48. The smallest absolute Gasteiger partial charge is 0.342 e. The topological polar surface area (TPSA) is 83.9 Å². The minimum absolute atomic E-state index is 0.0245. The summed E-state index contributed by atoms with van der Waals surface area (Å²) in [5.41, 5.74) is 4.33. The number of hydrogen-bond donors (Lipinski definition) is 1. The molecule has 0 spiro atoms. The molecule has 0 amide bonds. The van der Waals surface area contributed by atoms with E-state index in [1.807, 2.05) is 6.07 Å². The van der Waals surface area contributed by atoms with Crippen molar-refractivity contribution in [1.29, 1.82) is 0 Å². The van der Waals surface area contributed by atoms with Crippen LogP contribution in [0.2, 0.25) is 0 Å². The number of carbonyl (C=O) groups is 3. The number of ketones is 1. The SMILES string of the molecule is CCCC1(C)C2=C3C=C(C(=O)CCCC(=O)O)C(=O)OC3CCN2c2ccccc21. The van der Waals surface area contributed by atoms with Gasteiger partial charge in [0.1, 0.15) is 11.7 Å². The number of Topliss-reactive ketones (excluding diaryl/α,β-unsaturated/α-hetero) is 1. The zero-order chi connectivity index (χ0) is 21.5. The van der Waals surface area contributed by atoms with Crippen molar-refractivity contribution in [2.75, 3.05) is 11.4 Å². The zero-order valence-electron chi connectivity index (χ0n) is 17.4. The number of hydrogen-bond acceptors (Lipinski definition) is 5. The molecule has 30 heavy (non-hydrogen) atoms. The Morgan fingerprint density at radius 1 is 1.27 bits per heavy atom. The van der Waals surface area contributed by atoms with Gasteiger partial charge >= 0.3 is 11.9 Å². The van der Waals surface area contributed by atoms with Gasteiger partial charge in [0, 0.05) is 48.2 Å². The van der Waals surface area contributed by atoms with Crippen LogP contribution >= 0.6 is 0 Å². The molecule has 3 aliphatic heterocycles. The third-order valence-corrected chi connectivity index (χ3v) is 6.43. The van der Waals surface area contributed by atoms with Gasteiger partial charge in [-0.3, -0.25) is 9.59 Å². The van der Waals surface area contributed by atoms with E-state index in [1.54, 1.807) is 6.08 Å². The maximum Gasteiger partial charge on any atom is 0.342 e. The van der Waals surface area contributed by atoms with Crippen LogP contribution in [0.25, 0.3) is 0 Å². The first-order chi connectivity index (χ1) is 14.4. The fourth-order valence-corrected chi connectivity index (χ4v) is 5.16. The van der Waals surface area contributed by atoms with Crippen LogP contribution in [0.1, 0.15) is 57.9 Å². The van der Waals surface area contributed by atoms with Gasteiger partial charge in [0.2, 0.25) is 0 Å². The summed E-state index contributed by atoms with van der Waals surface area (Å²) in [5, 5.41) is 8.81. The Morgan fingerprint density at radius 3 is 2.77 bits per heavy atom. The molecule has 6 heteroatoms. The predicted octanol–water partition coefficient (Wildman–Crippen LogP) is 3.90. The molecule has 1 aromatic carbocycles. The van der Waals surface area contributed by atoms with E-state index in [-0.39, 0.29) is 42.1 Å². The third-order valence-electron chi connectivity index (χ3n) is 6.43. The van der Waals surface area contributed by atoms with Crippen molar-refractivity contribution in [3.63, 3.8) is 0 Å². The third kappa shape index (κ3) is 3.24. The Kier molecular flexibility index (Phi) is 5.26. The van der Waals surface area contributed by atoms with E-state index >= 15 is 0 Å². The Labute approximate surface area is 176 Å². The van der Waals surface area contributed by atoms with Crippen molar-refractivity contribution < 1.29 is 24.2 Å². The summed E-state index contributed by atoms with van der Waals surface area (Å²) < 4.78 is 5.70. The van der Waals surface area contributed by atoms with E-state index in [4.69, 9.17) is 9.84 Å². The van der Waals surface area contributed by atoms with Gasteiger partial charge in [-0.25, -0.2) is 4.79 Å². The molecule has 0 aromatic heterocycles. The van der Waals surface area contributed by atoms with Gasteiger partial charge in [0.15, 0.2) is 5.78 Å². The number of fused-ring (bicyclic) bond motifs is 4. The first kappa shape index (κ1) is 20.4. The van der Waals surface area contributed by atoms with E-state index < -0.39 is 11.9 Å². The molecule has 2 atom stereocenters. The van der Waals surface area contributed by atoms with Crippen LogP contribution in [-0.2, 0) is 24.5 Å². The van der Waals surface area contributed by atoms with Crippen LogP contribution in [0.15, 0.2) is 47.2 Å². The van der Waals surface area contributed by atoms with Crippen LogP contribution in [-0.4, -0.2) is 35.5 Å². The number of ether oxygens (including phenoxy) is 1. The normalized spacial score (nSPS) is 24.6. The van der Waals surface area contributed by atoms with E-state index in [0.29, 0.717) is 6.42 Å². The van der Waals surface area contributed by atoms with Crippen LogP contribution in [0.3, 0.4) is 0 Å². The van der Waals surface area contributed by atoms with Crippen molar-refractivity contribution >= 4 is 23.4 Å². The highest BCUT2D eigenvalue weighted by molar-refractivity contribution is 6.18. The summed E-state index contributed by atoms with van der Waals surface area (Å²) in [6.07, 6.45) is 4.15. The molecule has 0 bridgehead atoms.